The Kier molecular flexibility index (Phi) is 8.58. The molecule has 0 unspecified atom stereocenters. The third kappa shape index (κ3) is 5.15. The van der Waals surface area contributed by atoms with E-state index in [1.54, 1.807) is 17.2 Å². The molecule has 226 valence electrons. The van der Waals surface area contributed by atoms with E-state index in [-0.39, 0.29) is 55.0 Å². The highest BCUT2D eigenvalue weighted by Gasteiger charge is 2.30. The van der Waals surface area contributed by atoms with Crippen LogP contribution in [0.5, 0.6) is 0 Å². The van der Waals surface area contributed by atoms with Gasteiger partial charge in [0.05, 0.1) is 49.1 Å². The smallest absolute Gasteiger partial charge is 0.276 e. The minimum Gasteiger partial charge on any atom is -0.397 e. The highest BCUT2D eigenvalue weighted by Crippen LogP contribution is 2.42. The second-order valence-corrected chi connectivity index (χ2v) is 11.9. The largest absolute Gasteiger partial charge is 0.397 e. The molecular formula is C31H27Cl3FN7O2. The summed E-state index contributed by atoms with van der Waals surface area (Å²) in [7, 11) is 0. The summed E-state index contributed by atoms with van der Waals surface area (Å²) in [6.45, 7) is 10.5. The molecule has 44 heavy (non-hydrogen) atoms. The molecule has 2 N–H and O–H groups in total. The summed E-state index contributed by atoms with van der Waals surface area (Å²) in [5.74, 6) is -1.21. The summed E-state index contributed by atoms with van der Waals surface area (Å²) in [6.07, 6.45) is 2.89. The number of nitrogens with zero attached hydrogens (tertiary/aromatic N) is 6. The third-order valence-corrected chi connectivity index (χ3v) is 8.52. The van der Waals surface area contributed by atoms with Crippen LogP contribution >= 0.6 is 34.8 Å². The zero-order valence-electron chi connectivity index (χ0n) is 24.1. The number of nitrogen functional groups attached to an aromatic ring is 1. The number of carbonyl (C=O) groups excluding carboxylic acids is 1. The monoisotopic (exact) mass is 653 g/mol. The maximum atomic E-state index is 15.5. The fraction of sp³-hybridized carbons (Fsp3) is 0.258. The first-order chi connectivity index (χ1) is 20.9. The Hall–Kier alpha value is -4.17. The fourth-order valence-corrected chi connectivity index (χ4v) is 6.19. The highest BCUT2D eigenvalue weighted by molar-refractivity contribution is 6.38. The molecule has 0 atom stereocenters. The molecule has 3 aromatic heterocycles. The summed E-state index contributed by atoms with van der Waals surface area (Å²) in [5.41, 5.74) is 7.14. The maximum Gasteiger partial charge on any atom is 0.276 e. The van der Waals surface area contributed by atoms with Gasteiger partial charge in [-0.05, 0) is 42.7 Å². The molecule has 1 fully saturated rings. The third-order valence-electron chi connectivity index (χ3n) is 7.64. The molecule has 1 aliphatic heterocycles. The quantitative estimate of drug-likeness (QED) is 0.153. The molecular weight excluding hydrogens is 628 g/mol. The van der Waals surface area contributed by atoms with E-state index in [4.69, 9.17) is 45.5 Å². The average molecular weight is 655 g/mol. The molecule has 1 aliphatic rings. The molecule has 0 bridgehead atoms. The van der Waals surface area contributed by atoms with Gasteiger partial charge in [-0.15, -0.1) is 0 Å². The Morgan fingerprint density at radius 1 is 1.14 bits per heavy atom. The molecule has 0 saturated carbocycles. The predicted octanol–water partition coefficient (Wildman–Crippen LogP) is 6.27. The lowest BCUT2D eigenvalue weighted by Crippen LogP contribution is -2.49. The summed E-state index contributed by atoms with van der Waals surface area (Å²) < 4.78 is 16.9. The number of anilines is 2. The van der Waals surface area contributed by atoms with Gasteiger partial charge in [0.2, 0.25) is 5.91 Å². The van der Waals surface area contributed by atoms with Crippen LogP contribution < -0.4 is 16.2 Å². The van der Waals surface area contributed by atoms with Crippen molar-refractivity contribution in [2.45, 2.75) is 26.7 Å². The van der Waals surface area contributed by atoms with E-state index >= 15 is 4.39 Å². The maximum absolute atomic E-state index is 15.5. The van der Waals surface area contributed by atoms with Gasteiger partial charge in [-0.1, -0.05) is 55.2 Å². The van der Waals surface area contributed by atoms with Gasteiger partial charge >= 0.3 is 0 Å². The Balaban J connectivity index is 1.92. The number of amides is 1. The first-order valence-corrected chi connectivity index (χ1v) is 14.8. The van der Waals surface area contributed by atoms with Crippen LogP contribution in [-0.4, -0.2) is 51.5 Å². The zero-order chi connectivity index (χ0) is 32.0. The van der Waals surface area contributed by atoms with Gasteiger partial charge in [-0.25, -0.2) is 9.37 Å². The van der Waals surface area contributed by atoms with E-state index in [1.165, 1.54) is 22.8 Å². The number of nitrogens with two attached hydrogens (primary N) is 1. The predicted molar refractivity (Wildman–Crippen MR) is 173 cm³/mol. The number of rotatable bonds is 5. The van der Waals surface area contributed by atoms with Crippen LogP contribution in [0.15, 0.2) is 41.8 Å². The molecule has 1 saturated heterocycles. The number of nitriles is 1. The summed E-state index contributed by atoms with van der Waals surface area (Å²) in [6, 6.07) is 6.56. The van der Waals surface area contributed by atoms with Crippen LogP contribution in [0.2, 0.25) is 15.1 Å². The van der Waals surface area contributed by atoms with Gasteiger partial charge in [0.15, 0.2) is 5.82 Å². The number of halogens is 4. The molecule has 5 rings (SSSR count). The van der Waals surface area contributed by atoms with Gasteiger partial charge in [0, 0.05) is 37.8 Å². The number of fused-ring (bicyclic) bond motifs is 1. The van der Waals surface area contributed by atoms with Crippen LogP contribution in [-0.2, 0) is 4.79 Å². The van der Waals surface area contributed by atoms with E-state index in [2.05, 4.69) is 17.6 Å². The molecule has 4 aromatic rings. The molecule has 9 nitrogen and oxygen atoms in total. The molecule has 4 heterocycles. The lowest BCUT2D eigenvalue weighted by molar-refractivity contribution is -0.126. The first kappa shape index (κ1) is 31.3. The van der Waals surface area contributed by atoms with Crippen molar-refractivity contribution in [3.05, 3.63) is 85.1 Å². The number of carbonyl (C=O) groups is 1. The molecule has 0 spiro atoms. The van der Waals surface area contributed by atoms with E-state index in [0.717, 1.165) is 0 Å². The molecule has 0 radical (unpaired) electrons. The van der Waals surface area contributed by atoms with Crippen molar-refractivity contribution < 1.29 is 9.18 Å². The van der Waals surface area contributed by atoms with Gasteiger partial charge in [-0.2, -0.15) is 5.26 Å². The fourth-order valence-electron chi connectivity index (χ4n) is 5.49. The zero-order valence-corrected chi connectivity index (χ0v) is 26.4. The lowest BCUT2D eigenvalue weighted by atomic mass is 10.0. The highest BCUT2D eigenvalue weighted by atomic mass is 35.5. The Labute approximate surface area is 267 Å². The first-order valence-electron chi connectivity index (χ1n) is 13.7. The minimum absolute atomic E-state index is 0.000545. The summed E-state index contributed by atoms with van der Waals surface area (Å²) in [5, 5.41) is 10.5. The van der Waals surface area contributed by atoms with Crippen molar-refractivity contribution >= 4 is 63.1 Å². The number of pyridine rings is 3. The number of piperazine rings is 1. The lowest BCUT2D eigenvalue weighted by Gasteiger charge is -2.36. The van der Waals surface area contributed by atoms with E-state index in [9.17, 15) is 14.9 Å². The minimum atomic E-state index is -0.881. The molecule has 1 amide bonds. The number of aromatic nitrogens is 3. The van der Waals surface area contributed by atoms with Crippen LogP contribution in [0, 0.1) is 24.1 Å². The van der Waals surface area contributed by atoms with Crippen LogP contribution in [0.4, 0.5) is 15.8 Å². The van der Waals surface area contributed by atoms with Crippen LogP contribution in [0.25, 0.3) is 28.0 Å². The normalized spacial score (nSPS) is 13.4. The van der Waals surface area contributed by atoms with Crippen molar-refractivity contribution in [3.63, 3.8) is 0 Å². The summed E-state index contributed by atoms with van der Waals surface area (Å²) in [4.78, 5) is 39.4. The Bertz CT molecular complexity index is 1940. The number of hydrogen-bond acceptors (Lipinski definition) is 7. The van der Waals surface area contributed by atoms with E-state index in [1.807, 2.05) is 25.7 Å². The number of aryl methyl sites for hydroxylation is 1. The van der Waals surface area contributed by atoms with Crippen molar-refractivity contribution in [1.29, 1.82) is 5.26 Å². The van der Waals surface area contributed by atoms with Gasteiger partial charge in [0.25, 0.3) is 5.56 Å². The van der Waals surface area contributed by atoms with Gasteiger partial charge in [0.1, 0.15) is 17.3 Å². The van der Waals surface area contributed by atoms with Crippen LogP contribution in [0.3, 0.4) is 0 Å². The second-order valence-electron chi connectivity index (χ2n) is 10.6. The Morgan fingerprint density at radius 3 is 2.43 bits per heavy atom. The average Bonchev–Trinajstić information content (AvgIpc) is 3.00. The number of benzene rings is 1. The molecule has 1 aromatic carbocycles. The van der Waals surface area contributed by atoms with Gasteiger partial charge in [-0.3, -0.25) is 19.1 Å². The topological polar surface area (TPSA) is 121 Å². The van der Waals surface area contributed by atoms with Crippen molar-refractivity contribution in [3.8, 4) is 23.0 Å². The Morgan fingerprint density at radius 2 is 1.82 bits per heavy atom. The van der Waals surface area contributed by atoms with E-state index < -0.39 is 11.4 Å². The van der Waals surface area contributed by atoms with Crippen molar-refractivity contribution in [1.82, 2.24) is 19.4 Å². The number of hydrogen-bond donors (Lipinski definition) is 1. The van der Waals surface area contributed by atoms with Crippen LogP contribution in [0.1, 0.15) is 36.6 Å². The van der Waals surface area contributed by atoms with Gasteiger partial charge < -0.3 is 15.5 Å². The SMILES string of the molecule is C=CC(=O)N1CCN(c2c(C#N)c(=O)n(-c3c(C)ccnc3C(C)C)c3nc(-c4c(N)c(Cl)cc(Cl)c4F)c(Cl)cc23)CC1. The standard InChI is InChI=1S/C31H27Cl3FN7O2/c1-5-22(43)40-8-10-41(11-9-40)29-17-12-21(34)27(23-24(35)19(32)13-20(33)25(23)37)39-30(17)42(31(44)18(29)14-36)28-16(4)6-7-38-26(28)15(2)3/h5-7,12-13,15H,1,8-11,37H2,2-4H3. The van der Waals surface area contributed by atoms with Crippen molar-refractivity contribution in [2.24, 2.45) is 0 Å². The molecule has 0 aliphatic carbocycles. The van der Waals surface area contributed by atoms with Crippen molar-refractivity contribution in [2.75, 3.05) is 36.8 Å². The van der Waals surface area contributed by atoms with E-state index in [0.29, 0.717) is 54.2 Å². The summed E-state index contributed by atoms with van der Waals surface area (Å²) >= 11 is 19.2. The second kappa shape index (κ2) is 12.1. The molecule has 13 heteroatoms.